The minimum absolute atomic E-state index is 0.00687. The normalized spacial score (nSPS) is 10.8. The van der Waals surface area contributed by atoms with Crippen LogP contribution in [0.1, 0.15) is 46.7 Å². The molecule has 8 nitrogen and oxygen atoms in total. The van der Waals surface area contributed by atoms with Gasteiger partial charge in [0, 0.05) is 6.07 Å². The second kappa shape index (κ2) is 10.3. The molecule has 4 rings (SSSR count). The molecule has 0 saturated carbocycles. The molecule has 2 aromatic heterocycles. The average molecular weight is 476 g/mol. The summed E-state index contributed by atoms with van der Waals surface area (Å²) in [6.07, 6.45) is 1.53. The fourth-order valence-electron chi connectivity index (χ4n) is 3.73. The van der Waals surface area contributed by atoms with Gasteiger partial charge >= 0.3 is 17.6 Å². The van der Waals surface area contributed by atoms with Crippen LogP contribution in [0, 0.1) is 0 Å². The van der Waals surface area contributed by atoms with E-state index in [4.69, 9.17) is 23.0 Å². The Morgan fingerprint density at radius 3 is 2.40 bits per heavy atom. The summed E-state index contributed by atoms with van der Waals surface area (Å²) in [6.45, 7) is 3.86. The van der Waals surface area contributed by atoms with E-state index < -0.39 is 17.6 Å². The molecule has 2 heterocycles. The molecule has 0 radical (unpaired) electrons. The lowest BCUT2D eigenvalue weighted by Crippen LogP contribution is -2.13. The summed E-state index contributed by atoms with van der Waals surface area (Å²) in [4.78, 5) is 38.2. The second-order valence-electron chi connectivity index (χ2n) is 7.64. The molecule has 0 fully saturated rings. The van der Waals surface area contributed by atoms with Crippen LogP contribution in [0.4, 0.5) is 0 Å². The first kappa shape index (κ1) is 23.8. The van der Waals surface area contributed by atoms with Crippen molar-refractivity contribution < 1.29 is 32.6 Å². The highest BCUT2D eigenvalue weighted by Crippen LogP contribution is 2.38. The molecule has 0 N–H and O–H groups in total. The highest BCUT2D eigenvalue weighted by molar-refractivity contribution is 5.98. The summed E-state index contributed by atoms with van der Waals surface area (Å²) in [6, 6.07) is 14.6. The summed E-state index contributed by atoms with van der Waals surface area (Å²) in [5.74, 6) is -0.908. The van der Waals surface area contributed by atoms with Gasteiger partial charge in [0.1, 0.15) is 22.7 Å². The minimum Gasteiger partial charge on any atom is -0.496 e. The lowest BCUT2D eigenvalue weighted by atomic mass is 10.0. The van der Waals surface area contributed by atoms with Crippen molar-refractivity contribution in [3.05, 3.63) is 81.9 Å². The number of methoxy groups -OCH3 is 1. The van der Waals surface area contributed by atoms with Crippen molar-refractivity contribution >= 4 is 22.9 Å². The Morgan fingerprint density at radius 2 is 1.71 bits per heavy atom. The van der Waals surface area contributed by atoms with E-state index in [-0.39, 0.29) is 35.0 Å². The fourth-order valence-corrected chi connectivity index (χ4v) is 3.73. The van der Waals surface area contributed by atoms with Gasteiger partial charge in [0.05, 0.1) is 24.7 Å². The van der Waals surface area contributed by atoms with E-state index in [1.165, 1.54) is 19.2 Å². The van der Waals surface area contributed by atoms with Gasteiger partial charge in [-0.05, 0) is 49.2 Å². The number of benzene rings is 2. The maximum atomic E-state index is 13.1. The predicted octanol–water partition coefficient (Wildman–Crippen LogP) is 5.41. The zero-order valence-electron chi connectivity index (χ0n) is 19.6. The molecule has 0 atom stereocenters. The van der Waals surface area contributed by atoms with Crippen LogP contribution < -0.4 is 15.1 Å². The molecular weight excluding hydrogens is 452 g/mol. The van der Waals surface area contributed by atoms with E-state index in [1.54, 1.807) is 49.4 Å². The van der Waals surface area contributed by atoms with E-state index in [2.05, 4.69) is 0 Å². The molecule has 0 aliphatic carbocycles. The van der Waals surface area contributed by atoms with Crippen LogP contribution in [0.2, 0.25) is 0 Å². The van der Waals surface area contributed by atoms with Crippen molar-refractivity contribution in [2.75, 3.05) is 13.7 Å². The van der Waals surface area contributed by atoms with Gasteiger partial charge in [-0.1, -0.05) is 31.5 Å². The molecular formula is C27H24O8. The summed E-state index contributed by atoms with van der Waals surface area (Å²) < 4.78 is 27.4. The van der Waals surface area contributed by atoms with Crippen molar-refractivity contribution in [3.8, 4) is 22.8 Å². The first-order valence-electron chi connectivity index (χ1n) is 11.2. The number of carbonyl (C=O) groups is 2. The monoisotopic (exact) mass is 476 g/mol. The number of hydrogen-bond donors (Lipinski definition) is 0. The van der Waals surface area contributed by atoms with Gasteiger partial charge in [0.2, 0.25) is 5.76 Å². The standard InChI is InChI=1S/C27H24O8/c1-4-9-17-14-18-22(15-21(17)31-3)34-27(30)23(19-12-13-20(33-19)26(29)32-5-2)24(18)35-25(28)16-10-7-6-8-11-16/h6-8,10-15H,4-5,9H2,1-3H3. The smallest absolute Gasteiger partial charge is 0.374 e. The van der Waals surface area contributed by atoms with Crippen LogP contribution in [0.25, 0.3) is 22.3 Å². The van der Waals surface area contributed by atoms with Gasteiger partial charge in [-0.15, -0.1) is 0 Å². The number of aryl methyl sites for hydroxylation is 1. The fraction of sp³-hybridized carbons (Fsp3) is 0.222. The largest absolute Gasteiger partial charge is 0.496 e. The van der Waals surface area contributed by atoms with Gasteiger partial charge in [-0.3, -0.25) is 0 Å². The number of ether oxygens (including phenoxy) is 3. The zero-order chi connectivity index (χ0) is 24.9. The highest BCUT2D eigenvalue weighted by Gasteiger charge is 2.26. The van der Waals surface area contributed by atoms with Crippen LogP contribution in [0.15, 0.2) is 68.2 Å². The molecule has 0 saturated heterocycles. The molecule has 0 unspecified atom stereocenters. The van der Waals surface area contributed by atoms with Gasteiger partial charge in [0.25, 0.3) is 0 Å². The van der Waals surface area contributed by atoms with Crippen molar-refractivity contribution in [2.45, 2.75) is 26.7 Å². The maximum absolute atomic E-state index is 13.1. The number of rotatable bonds is 8. The second-order valence-corrected chi connectivity index (χ2v) is 7.64. The Bertz CT molecular complexity index is 1430. The van der Waals surface area contributed by atoms with Crippen molar-refractivity contribution in [2.24, 2.45) is 0 Å². The van der Waals surface area contributed by atoms with Crippen LogP contribution in [0.3, 0.4) is 0 Å². The third kappa shape index (κ3) is 4.82. The average Bonchev–Trinajstić information content (AvgIpc) is 3.34. The van der Waals surface area contributed by atoms with Crippen LogP contribution in [-0.2, 0) is 11.2 Å². The zero-order valence-corrected chi connectivity index (χ0v) is 19.6. The van der Waals surface area contributed by atoms with Crippen LogP contribution >= 0.6 is 0 Å². The van der Waals surface area contributed by atoms with Gasteiger partial charge < -0.3 is 23.0 Å². The number of hydrogen-bond acceptors (Lipinski definition) is 8. The van der Waals surface area contributed by atoms with E-state index in [0.717, 1.165) is 12.0 Å². The number of furan rings is 1. The number of fused-ring (bicyclic) bond motifs is 1. The third-order valence-corrected chi connectivity index (χ3v) is 5.31. The van der Waals surface area contributed by atoms with E-state index >= 15 is 0 Å². The first-order chi connectivity index (χ1) is 17.0. The van der Waals surface area contributed by atoms with Gasteiger partial charge in [0.15, 0.2) is 5.75 Å². The lowest BCUT2D eigenvalue weighted by molar-refractivity contribution is 0.0490. The van der Waals surface area contributed by atoms with Crippen LogP contribution in [-0.4, -0.2) is 25.7 Å². The topological polar surface area (TPSA) is 105 Å². The van der Waals surface area contributed by atoms with Crippen molar-refractivity contribution in [1.29, 1.82) is 0 Å². The molecule has 180 valence electrons. The van der Waals surface area contributed by atoms with E-state index in [1.807, 2.05) is 6.92 Å². The van der Waals surface area contributed by atoms with Gasteiger partial charge in [-0.25, -0.2) is 14.4 Å². The molecule has 0 amide bonds. The maximum Gasteiger partial charge on any atom is 0.374 e. The highest BCUT2D eigenvalue weighted by atomic mass is 16.5. The Kier molecular flexibility index (Phi) is 7.01. The summed E-state index contributed by atoms with van der Waals surface area (Å²) in [5, 5.41) is 0.391. The molecule has 4 aromatic rings. The number of esters is 2. The Hall–Kier alpha value is -4.33. The Morgan fingerprint density at radius 1 is 0.943 bits per heavy atom. The van der Waals surface area contributed by atoms with Crippen molar-refractivity contribution in [3.63, 3.8) is 0 Å². The molecule has 35 heavy (non-hydrogen) atoms. The SMILES string of the molecule is CCCc1cc2c(OC(=O)c3ccccc3)c(-c3ccc(C(=O)OCC)o3)c(=O)oc2cc1OC. The lowest BCUT2D eigenvalue weighted by Gasteiger charge is -2.14. The predicted molar refractivity (Wildman–Crippen MR) is 128 cm³/mol. The van der Waals surface area contributed by atoms with E-state index in [0.29, 0.717) is 23.1 Å². The first-order valence-corrected chi connectivity index (χ1v) is 11.2. The molecule has 0 aliphatic heterocycles. The molecule has 8 heteroatoms. The van der Waals surface area contributed by atoms with Gasteiger partial charge in [-0.2, -0.15) is 0 Å². The number of carbonyl (C=O) groups excluding carboxylic acids is 2. The summed E-state index contributed by atoms with van der Waals surface area (Å²) >= 11 is 0. The molecule has 0 spiro atoms. The third-order valence-electron chi connectivity index (χ3n) is 5.31. The molecule has 2 aromatic carbocycles. The minimum atomic E-state index is -0.802. The van der Waals surface area contributed by atoms with Crippen LogP contribution in [0.5, 0.6) is 11.5 Å². The quantitative estimate of drug-likeness (QED) is 0.246. The molecule has 0 aliphatic rings. The van der Waals surface area contributed by atoms with Crippen molar-refractivity contribution in [1.82, 2.24) is 0 Å². The van der Waals surface area contributed by atoms with E-state index in [9.17, 15) is 14.4 Å². The Labute approximate surface area is 201 Å². The summed E-state index contributed by atoms with van der Waals surface area (Å²) in [7, 11) is 1.53. The summed E-state index contributed by atoms with van der Waals surface area (Å²) in [5.41, 5.74) is 0.414. The Balaban J connectivity index is 1.94. The molecule has 0 bridgehead atoms.